The van der Waals surface area contributed by atoms with Crippen molar-refractivity contribution < 1.29 is 4.39 Å². The Morgan fingerprint density at radius 3 is 2.23 bits per heavy atom. The monoisotopic (exact) mass is 680 g/mol. The predicted molar refractivity (Wildman–Crippen MR) is 199 cm³/mol. The van der Waals surface area contributed by atoms with Gasteiger partial charge in [0.2, 0.25) is 0 Å². The van der Waals surface area contributed by atoms with E-state index in [1.165, 1.54) is 0 Å². The van der Waals surface area contributed by atoms with Gasteiger partial charge in [-0.3, -0.25) is 9.56 Å². The number of nitrogens with one attached hydrogen (secondary N) is 2. The normalized spacial score (nSPS) is 12.1. The molecule has 48 heavy (non-hydrogen) atoms. The number of hydrogen-bond donors (Lipinski definition) is 5. The van der Waals surface area contributed by atoms with Gasteiger partial charge in [0.05, 0.1) is 10.7 Å². The molecule has 0 bridgehead atoms. The van der Waals surface area contributed by atoms with E-state index >= 15 is 0 Å². The van der Waals surface area contributed by atoms with Crippen LogP contribution in [-0.2, 0) is 23.8 Å². The molecule has 0 saturated carbocycles. The molecule has 0 fully saturated rings. The van der Waals surface area contributed by atoms with Gasteiger partial charge in [-0.25, -0.2) is 9.18 Å². The van der Waals surface area contributed by atoms with E-state index in [4.69, 9.17) is 28.8 Å². The summed E-state index contributed by atoms with van der Waals surface area (Å²) in [6.45, 7) is 18.6. The van der Waals surface area contributed by atoms with E-state index in [9.17, 15) is 9.18 Å². The van der Waals surface area contributed by atoms with Crippen LogP contribution in [0.3, 0.4) is 0 Å². The summed E-state index contributed by atoms with van der Waals surface area (Å²) in [6.07, 6.45) is 5.50. The standard InChI is InChI=1S/C21H29N7O.C16H25ClFN/c1-21(2,3)17-11-15-13-28(20(29)27-18(15)26-17)16-7-5-14(6-8-16)12-24-9-4-10-25-19(22)23;1-15(2,3)12-9-11(10-13(17)14(12)18)7-6-8-16(4,5)19/h5-8,11,13,24H,4,9-10,12H2,1-3H3,(H4,22,23,25)(H,26,27,29);9-10H,6-8,19H2,1-5H3. The van der Waals surface area contributed by atoms with Gasteiger partial charge in [-0.15, -0.1) is 0 Å². The maximum Gasteiger partial charge on any atom is 0.354 e. The van der Waals surface area contributed by atoms with Crippen molar-refractivity contribution in [2.45, 2.75) is 104 Å². The molecule has 11 heteroatoms. The molecule has 0 spiro atoms. The van der Waals surface area contributed by atoms with E-state index in [-0.39, 0.29) is 38.9 Å². The first-order valence-electron chi connectivity index (χ1n) is 16.5. The van der Waals surface area contributed by atoms with Crippen LogP contribution in [0.4, 0.5) is 4.39 Å². The van der Waals surface area contributed by atoms with Gasteiger partial charge in [-0.1, -0.05) is 71.3 Å². The van der Waals surface area contributed by atoms with E-state index < -0.39 is 0 Å². The van der Waals surface area contributed by atoms with Crippen LogP contribution >= 0.6 is 11.6 Å². The molecule has 0 aliphatic rings. The van der Waals surface area contributed by atoms with Gasteiger partial charge in [-0.05, 0) is 92.4 Å². The van der Waals surface area contributed by atoms with Crippen LogP contribution in [0.5, 0.6) is 0 Å². The van der Waals surface area contributed by atoms with Crippen LogP contribution in [0.1, 0.15) is 97.0 Å². The second kappa shape index (κ2) is 16.1. The largest absolute Gasteiger partial charge is 0.370 e. The summed E-state index contributed by atoms with van der Waals surface area (Å²) in [5, 5.41) is 4.49. The maximum atomic E-state index is 14.0. The van der Waals surface area contributed by atoms with E-state index in [2.05, 4.69) is 47.1 Å². The van der Waals surface area contributed by atoms with Crippen molar-refractivity contribution in [2.24, 2.45) is 22.2 Å². The Labute approximate surface area is 289 Å². The minimum atomic E-state index is -0.301. The molecule has 9 nitrogen and oxygen atoms in total. The number of benzene rings is 2. The van der Waals surface area contributed by atoms with Gasteiger partial charge in [-0.2, -0.15) is 4.98 Å². The number of aromatic nitrogens is 3. The van der Waals surface area contributed by atoms with Crippen LogP contribution in [0.2, 0.25) is 5.02 Å². The fraction of sp³-hybridized carbons (Fsp3) is 0.486. The van der Waals surface area contributed by atoms with Crippen LogP contribution in [0.15, 0.2) is 58.4 Å². The molecule has 2 aromatic carbocycles. The first-order valence-corrected chi connectivity index (χ1v) is 16.9. The third-order valence-electron chi connectivity index (χ3n) is 7.85. The Hall–Kier alpha value is -3.73. The molecule has 0 radical (unpaired) electrons. The van der Waals surface area contributed by atoms with Gasteiger partial charge in [0, 0.05) is 41.3 Å². The van der Waals surface area contributed by atoms with Crippen LogP contribution in [0, 0.1) is 5.82 Å². The minimum absolute atomic E-state index is 0.0352. The highest BCUT2D eigenvalue weighted by molar-refractivity contribution is 6.30. The van der Waals surface area contributed by atoms with Crippen molar-refractivity contribution in [3.05, 3.63) is 92.4 Å². The predicted octanol–water partition coefficient (Wildman–Crippen LogP) is 6.60. The number of aromatic amines is 1. The Morgan fingerprint density at radius 2 is 1.65 bits per heavy atom. The zero-order valence-corrected chi connectivity index (χ0v) is 30.6. The lowest BCUT2D eigenvalue weighted by molar-refractivity contribution is 0.458. The summed E-state index contributed by atoms with van der Waals surface area (Å²) < 4.78 is 15.6. The molecule has 8 N–H and O–H groups in total. The van der Waals surface area contributed by atoms with Crippen molar-refractivity contribution >= 4 is 28.6 Å². The fourth-order valence-electron chi connectivity index (χ4n) is 5.09. The molecule has 0 amide bonds. The number of nitrogens with two attached hydrogens (primary N) is 3. The molecule has 0 saturated heterocycles. The molecule has 0 unspecified atom stereocenters. The third kappa shape index (κ3) is 11.8. The van der Waals surface area contributed by atoms with Crippen LogP contribution in [0.25, 0.3) is 16.7 Å². The van der Waals surface area contributed by atoms with Crippen molar-refractivity contribution in [2.75, 3.05) is 13.1 Å². The molecule has 2 aromatic heterocycles. The molecule has 0 aliphatic carbocycles. The number of aryl methyl sites for hydroxylation is 1. The molecule has 4 rings (SSSR count). The third-order valence-corrected chi connectivity index (χ3v) is 8.12. The first kappa shape index (κ1) is 38.7. The molecule has 2 heterocycles. The summed E-state index contributed by atoms with van der Waals surface area (Å²) in [5.74, 6) is -0.171. The number of nitrogens with zero attached hydrogens (tertiary/aromatic N) is 3. The van der Waals surface area contributed by atoms with Gasteiger partial charge in [0.1, 0.15) is 11.5 Å². The topological polar surface area (TPSA) is 153 Å². The average molecular weight is 681 g/mol. The second-order valence-electron chi connectivity index (χ2n) is 15.2. The Kier molecular flexibility index (Phi) is 13.0. The van der Waals surface area contributed by atoms with E-state index in [1.54, 1.807) is 10.6 Å². The number of rotatable bonds is 11. The Bertz CT molecular complexity index is 1740. The van der Waals surface area contributed by atoms with Crippen LogP contribution in [-0.4, -0.2) is 39.1 Å². The Morgan fingerprint density at radius 1 is 0.979 bits per heavy atom. The number of aliphatic imine (C=N–C) groups is 1. The molecule has 0 aliphatic heterocycles. The molecule has 4 aromatic rings. The molecule has 262 valence electrons. The zero-order chi connectivity index (χ0) is 35.9. The highest BCUT2D eigenvalue weighted by Gasteiger charge is 2.22. The van der Waals surface area contributed by atoms with Crippen molar-refractivity contribution in [1.82, 2.24) is 19.9 Å². The Balaban J connectivity index is 0.000000286. The summed E-state index contributed by atoms with van der Waals surface area (Å²) in [6, 6.07) is 13.6. The SMILES string of the molecule is CC(C)(C)c1cc2cn(-c3ccc(CNCCCN=C(N)N)cc3)c(=O)nc2[nH]1.CC(C)(N)CCCc1cc(Cl)c(F)c(C(C)(C)C)c1. The highest BCUT2D eigenvalue weighted by atomic mass is 35.5. The minimum Gasteiger partial charge on any atom is -0.370 e. The highest BCUT2D eigenvalue weighted by Crippen LogP contribution is 2.31. The molecular formula is C37H54ClFN8O. The molecular weight excluding hydrogens is 627 g/mol. The number of halogens is 2. The number of fused-ring (bicyclic) bond motifs is 1. The van der Waals surface area contributed by atoms with Gasteiger partial charge >= 0.3 is 5.69 Å². The van der Waals surface area contributed by atoms with Gasteiger partial charge < -0.3 is 27.5 Å². The lowest BCUT2D eigenvalue weighted by atomic mass is 9.85. The van der Waals surface area contributed by atoms with Crippen molar-refractivity contribution in [3.63, 3.8) is 0 Å². The van der Waals surface area contributed by atoms with E-state index in [0.717, 1.165) is 66.7 Å². The number of guanidine groups is 1. The fourth-order valence-corrected chi connectivity index (χ4v) is 5.33. The summed E-state index contributed by atoms with van der Waals surface area (Å²) in [5.41, 5.74) is 21.2. The smallest absolute Gasteiger partial charge is 0.354 e. The summed E-state index contributed by atoms with van der Waals surface area (Å²) >= 11 is 5.99. The van der Waals surface area contributed by atoms with Gasteiger partial charge in [0.15, 0.2) is 5.96 Å². The average Bonchev–Trinajstić information content (AvgIpc) is 3.39. The first-order chi connectivity index (χ1) is 22.2. The summed E-state index contributed by atoms with van der Waals surface area (Å²) in [7, 11) is 0. The lowest BCUT2D eigenvalue weighted by Crippen LogP contribution is -2.31. The van der Waals surface area contributed by atoms with E-state index in [0.29, 0.717) is 17.8 Å². The van der Waals surface area contributed by atoms with Gasteiger partial charge in [0.25, 0.3) is 0 Å². The lowest BCUT2D eigenvalue weighted by Gasteiger charge is -2.22. The number of hydrogen-bond acceptors (Lipinski definition) is 5. The number of H-pyrrole nitrogens is 1. The van der Waals surface area contributed by atoms with E-state index in [1.807, 2.05) is 71.1 Å². The quantitative estimate of drug-likeness (QED) is 0.0684. The maximum absolute atomic E-state index is 14.0. The van der Waals surface area contributed by atoms with Crippen molar-refractivity contribution in [1.29, 1.82) is 0 Å². The second-order valence-corrected chi connectivity index (χ2v) is 15.6. The van der Waals surface area contributed by atoms with Crippen LogP contribution < -0.4 is 28.2 Å². The molecule has 0 atom stereocenters. The summed E-state index contributed by atoms with van der Waals surface area (Å²) in [4.78, 5) is 23.9. The van der Waals surface area contributed by atoms with Crippen molar-refractivity contribution in [3.8, 4) is 5.69 Å². The zero-order valence-electron chi connectivity index (χ0n) is 29.8.